The molecule has 0 aromatic heterocycles. The number of hydrogen-bond acceptors (Lipinski definition) is 8. The van der Waals surface area contributed by atoms with Crippen molar-refractivity contribution in [3.63, 3.8) is 0 Å². The van der Waals surface area contributed by atoms with E-state index in [2.05, 4.69) is 5.32 Å². The van der Waals surface area contributed by atoms with E-state index in [1.54, 1.807) is 26.8 Å². The number of carbonyl (C=O) groups excluding carboxylic acids is 4. The molecule has 4 rings (SSSR count). The van der Waals surface area contributed by atoms with E-state index in [1.165, 1.54) is 12.2 Å². The Labute approximate surface area is 238 Å². The van der Waals surface area contributed by atoms with Crippen LogP contribution in [0, 0.1) is 28.6 Å². The maximum Gasteiger partial charge on any atom is 0.308 e. The summed E-state index contributed by atoms with van der Waals surface area (Å²) in [6.07, 6.45) is 3.65. The monoisotopic (exact) mass is 577 g/mol. The average Bonchev–Trinajstić information content (AvgIpc) is 3.09. The number of ketones is 2. The molecule has 0 aliphatic heterocycles. The van der Waals surface area contributed by atoms with E-state index < -0.39 is 76.2 Å². The van der Waals surface area contributed by atoms with Crippen LogP contribution in [0.4, 0.5) is 4.39 Å². The molecule has 10 nitrogen and oxygen atoms in total. The number of ether oxygens (including phenoxy) is 1. The summed E-state index contributed by atoms with van der Waals surface area (Å²) in [4.78, 5) is 60.0. The highest BCUT2D eigenvalue weighted by molar-refractivity contribution is 6.01. The molecule has 0 heterocycles. The van der Waals surface area contributed by atoms with Crippen molar-refractivity contribution in [2.24, 2.45) is 28.6 Å². The fraction of sp³-hybridized carbons (Fsp3) is 0.700. The third-order valence-corrected chi connectivity index (χ3v) is 10.5. The summed E-state index contributed by atoms with van der Waals surface area (Å²) in [7, 11) is 0. The van der Waals surface area contributed by atoms with Crippen molar-refractivity contribution in [1.29, 1.82) is 0 Å². The van der Waals surface area contributed by atoms with Gasteiger partial charge >= 0.3 is 11.9 Å². The molecule has 0 saturated heterocycles. The highest BCUT2D eigenvalue weighted by atomic mass is 19.1. The molecule has 0 aromatic carbocycles. The van der Waals surface area contributed by atoms with Crippen molar-refractivity contribution >= 4 is 29.4 Å². The molecule has 0 spiro atoms. The van der Waals surface area contributed by atoms with Crippen molar-refractivity contribution in [3.05, 3.63) is 23.8 Å². The number of hydrogen-bond donors (Lipinski definition) is 4. The van der Waals surface area contributed by atoms with E-state index in [0.29, 0.717) is 24.8 Å². The van der Waals surface area contributed by atoms with Gasteiger partial charge in [0.25, 0.3) is 0 Å². The number of carbonyl (C=O) groups is 5. The number of aliphatic hydroxyl groups excluding tert-OH is 1. The minimum absolute atomic E-state index is 0.00266. The van der Waals surface area contributed by atoms with E-state index in [0.717, 1.165) is 0 Å². The number of esters is 1. The second-order valence-electron chi connectivity index (χ2n) is 12.6. The third-order valence-electron chi connectivity index (χ3n) is 10.5. The molecule has 4 aliphatic carbocycles. The van der Waals surface area contributed by atoms with Crippen molar-refractivity contribution in [2.75, 3.05) is 13.2 Å². The number of allylic oxidation sites excluding steroid dienone is 4. The van der Waals surface area contributed by atoms with Gasteiger partial charge in [0.2, 0.25) is 11.7 Å². The minimum atomic E-state index is -2.09. The zero-order valence-corrected chi connectivity index (χ0v) is 23.8. The lowest BCUT2D eigenvalue weighted by atomic mass is 9.44. The summed E-state index contributed by atoms with van der Waals surface area (Å²) in [6.45, 7) is 4.36. The number of fused-ring (bicyclic) bond motifs is 5. The summed E-state index contributed by atoms with van der Waals surface area (Å²) in [5.41, 5.74) is -5.76. The van der Waals surface area contributed by atoms with Crippen LogP contribution in [0.2, 0.25) is 0 Å². The minimum Gasteiger partial charge on any atom is -0.481 e. The van der Waals surface area contributed by atoms with Crippen LogP contribution >= 0.6 is 0 Å². The van der Waals surface area contributed by atoms with Crippen molar-refractivity contribution in [3.8, 4) is 0 Å². The van der Waals surface area contributed by atoms with Crippen molar-refractivity contribution < 1.29 is 48.4 Å². The van der Waals surface area contributed by atoms with Gasteiger partial charge in [0.1, 0.15) is 5.60 Å². The van der Waals surface area contributed by atoms with Crippen LogP contribution in [-0.4, -0.2) is 75.3 Å². The quantitative estimate of drug-likeness (QED) is 0.285. The lowest BCUT2D eigenvalue weighted by molar-refractivity contribution is -0.220. The maximum absolute atomic E-state index is 17.2. The molecule has 8 atom stereocenters. The summed E-state index contributed by atoms with van der Waals surface area (Å²) in [5.74, 6) is -4.78. The Balaban J connectivity index is 1.42. The van der Waals surface area contributed by atoms with Gasteiger partial charge in [0.15, 0.2) is 18.1 Å². The normalized spacial score (nSPS) is 39.2. The maximum atomic E-state index is 17.2. The van der Waals surface area contributed by atoms with Crippen LogP contribution < -0.4 is 5.32 Å². The topological polar surface area (TPSA) is 167 Å². The van der Waals surface area contributed by atoms with E-state index in [-0.39, 0.29) is 44.4 Å². The Morgan fingerprint density at radius 3 is 2.54 bits per heavy atom. The van der Waals surface area contributed by atoms with Crippen LogP contribution in [0.1, 0.15) is 72.1 Å². The van der Waals surface area contributed by atoms with E-state index in [4.69, 9.17) is 9.84 Å². The lowest BCUT2D eigenvalue weighted by Crippen LogP contribution is -2.69. The summed E-state index contributed by atoms with van der Waals surface area (Å²) in [6, 6.07) is 0. The predicted octanol–water partition coefficient (Wildman–Crippen LogP) is 2.21. The van der Waals surface area contributed by atoms with Gasteiger partial charge in [-0.15, -0.1) is 0 Å². The largest absolute Gasteiger partial charge is 0.481 e. The average molecular weight is 578 g/mol. The Kier molecular flexibility index (Phi) is 8.36. The van der Waals surface area contributed by atoms with Crippen molar-refractivity contribution in [2.45, 2.75) is 89.5 Å². The smallest absolute Gasteiger partial charge is 0.308 e. The number of amides is 1. The van der Waals surface area contributed by atoms with Gasteiger partial charge < -0.3 is 25.4 Å². The molecule has 11 heteroatoms. The Hall–Kier alpha value is -2.92. The van der Waals surface area contributed by atoms with Crippen molar-refractivity contribution in [1.82, 2.24) is 5.32 Å². The standard InChI is InChI=1S/C30H40FNO9/c1-17-13-21-20-8-7-18-14-19(33)9-11-27(18,2)29(20,31)22(34)15-28(21,3)30(17,40)23(35)16-41-26(39)10-12-32-24(36)5-4-6-25(37)38/h9,11,14,17,20-22,34,40H,4-8,10,12-13,15-16H2,1-3H3,(H,32,36)(H,37,38). The summed E-state index contributed by atoms with van der Waals surface area (Å²) in [5, 5.41) is 34.5. The number of halogens is 1. The number of alkyl halides is 1. The first-order valence-electron chi connectivity index (χ1n) is 14.3. The number of carboxylic acids is 1. The van der Waals surface area contributed by atoms with Crippen LogP contribution in [0.5, 0.6) is 0 Å². The molecular weight excluding hydrogens is 537 g/mol. The van der Waals surface area contributed by atoms with Gasteiger partial charge in [-0.05, 0) is 63.0 Å². The number of nitrogens with one attached hydrogen (secondary N) is 1. The van der Waals surface area contributed by atoms with Gasteiger partial charge in [-0.2, -0.15) is 0 Å². The number of Topliss-reactive ketones (excluding diaryl/α,β-unsaturated/α-hetero) is 1. The predicted molar refractivity (Wildman–Crippen MR) is 143 cm³/mol. The highest BCUT2D eigenvalue weighted by Gasteiger charge is 2.75. The summed E-state index contributed by atoms with van der Waals surface area (Å²) < 4.78 is 22.4. The first-order valence-corrected chi connectivity index (χ1v) is 14.3. The van der Waals surface area contributed by atoms with Gasteiger partial charge in [0.05, 0.1) is 12.5 Å². The second kappa shape index (κ2) is 11.1. The molecule has 0 aromatic rings. The molecule has 0 bridgehead atoms. The lowest BCUT2D eigenvalue weighted by Gasteiger charge is -2.62. The number of carboxylic acid groups (broad SMARTS) is 1. The fourth-order valence-corrected chi connectivity index (χ4v) is 8.26. The van der Waals surface area contributed by atoms with E-state index in [9.17, 15) is 34.2 Å². The molecule has 4 aliphatic rings. The van der Waals surface area contributed by atoms with Crippen LogP contribution in [0.15, 0.2) is 23.8 Å². The zero-order valence-electron chi connectivity index (χ0n) is 23.8. The molecule has 3 saturated carbocycles. The second-order valence-corrected chi connectivity index (χ2v) is 12.6. The SMILES string of the molecule is CC1CC2C3CCC4=CC(=O)C=CC4(C)C3(F)C(O)CC2(C)C1(O)C(=O)COC(=O)CCNC(=O)CCCC(=O)O. The molecule has 226 valence electrons. The van der Waals surface area contributed by atoms with Crippen LogP contribution in [-0.2, 0) is 28.7 Å². The van der Waals surface area contributed by atoms with Gasteiger partial charge in [-0.25, -0.2) is 4.39 Å². The number of aliphatic carboxylic acids is 1. The Morgan fingerprint density at radius 1 is 1.15 bits per heavy atom. The van der Waals surface area contributed by atoms with E-state index >= 15 is 4.39 Å². The zero-order chi connectivity index (χ0) is 30.4. The molecule has 0 radical (unpaired) electrons. The van der Waals surface area contributed by atoms with E-state index in [1.807, 2.05) is 0 Å². The molecule has 41 heavy (non-hydrogen) atoms. The first-order chi connectivity index (χ1) is 19.1. The first kappa shape index (κ1) is 31.0. The molecule has 8 unspecified atom stereocenters. The highest BCUT2D eigenvalue weighted by Crippen LogP contribution is 2.70. The summed E-state index contributed by atoms with van der Waals surface area (Å²) >= 11 is 0. The molecule has 1 amide bonds. The molecule has 3 fully saturated rings. The van der Waals surface area contributed by atoms with Gasteiger partial charge in [0, 0.05) is 36.1 Å². The van der Waals surface area contributed by atoms with Gasteiger partial charge in [-0.3, -0.25) is 24.0 Å². The van der Waals surface area contributed by atoms with Crippen LogP contribution in [0.3, 0.4) is 0 Å². The third kappa shape index (κ3) is 4.94. The number of rotatable bonds is 10. The fourth-order valence-electron chi connectivity index (χ4n) is 8.26. The molecular formula is C30H40FNO9. The van der Waals surface area contributed by atoms with Crippen LogP contribution in [0.25, 0.3) is 0 Å². The molecule has 4 N–H and O–H groups in total. The Bertz CT molecular complexity index is 1200. The Morgan fingerprint density at radius 2 is 1.85 bits per heavy atom. The number of aliphatic hydroxyl groups is 2. The van der Waals surface area contributed by atoms with Gasteiger partial charge in [-0.1, -0.05) is 25.5 Å².